The van der Waals surface area contributed by atoms with Gasteiger partial charge in [-0.3, -0.25) is 24.2 Å². The van der Waals surface area contributed by atoms with Gasteiger partial charge in [0.25, 0.3) is 0 Å². The van der Waals surface area contributed by atoms with Gasteiger partial charge in [-0.05, 0) is 59.4 Å². The van der Waals surface area contributed by atoms with E-state index in [9.17, 15) is 0 Å². The highest BCUT2D eigenvalue weighted by Crippen LogP contribution is 2.40. The van der Waals surface area contributed by atoms with E-state index in [4.69, 9.17) is 16.3 Å². The van der Waals surface area contributed by atoms with Crippen molar-refractivity contribution in [2.75, 3.05) is 25.5 Å². The summed E-state index contributed by atoms with van der Waals surface area (Å²) in [6, 6.07) is 8.30. The van der Waals surface area contributed by atoms with Crippen molar-refractivity contribution in [3.8, 4) is 5.75 Å². The predicted octanol–water partition coefficient (Wildman–Crippen LogP) is 6.30. The third-order valence-electron chi connectivity index (χ3n) is 9.90. The smallest absolute Gasteiger partial charge is 0.142 e. The van der Waals surface area contributed by atoms with Crippen LogP contribution in [0.15, 0.2) is 54.3 Å². The third kappa shape index (κ3) is 6.79. The van der Waals surface area contributed by atoms with Gasteiger partial charge in [-0.1, -0.05) is 11.6 Å². The van der Waals surface area contributed by atoms with Crippen molar-refractivity contribution in [2.24, 2.45) is 19.1 Å². The van der Waals surface area contributed by atoms with Crippen molar-refractivity contribution < 1.29 is 4.74 Å². The van der Waals surface area contributed by atoms with E-state index in [-0.39, 0.29) is 0 Å². The molecular formula is C37H37ClN12OS2. The molecule has 3 aliphatic rings. The van der Waals surface area contributed by atoms with E-state index < -0.39 is 0 Å². The Morgan fingerprint density at radius 1 is 0.811 bits per heavy atom. The summed E-state index contributed by atoms with van der Waals surface area (Å²) in [5.74, 6) is 1.63. The predicted molar refractivity (Wildman–Crippen MR) is 209 cm³/mol. The number of aryl methyl sites for hydroxylation is 2. The van der Waals surface area contributed by atoms with Gasteiger partial charge in [0.05, 0.1) is 41.5 Å². The van der Waals surface area contributed by atoms with Crippen LogP contribution in [0.3, 0.4) is 0 Å². The van der Waals surface area contributed by atoms with Crippen LogP contribution in [0.1, 0.15) is 43.4 Å². The minimum Gasteiger partial charge on any atom is -0.495 e. The molecule has 0 saturated carbocycles. The number of thiophene rings is 2. The van der Waals surface area contributed by atoms with Crippen LogP contribution in [0, 0.1) is 0 Å². The Morgan fingerprint density at radius 2 is 1.43 bits per heavy atom. The Hall–Kier alpha value is -4.80. The zero-order chi connectivity index (χ0) is 36.1. The first-order valence-electron chi connectivity index (χ1n) is 17.4. The lowest BCUT2D eigenvalue weighted by molar-refractivity contribution is 0.246. The minimum absolute atomic E-state index is 0.579. The zero-order valence-electron chi connectivity index (χ0n) is 29.6. The van der Waals surface area contributed by atoms with Gasteiger partial charge in [-0.2, -0.15) is 10.2 Å². The highest BCUT2D eigenvalue weighted by atomic mass is 35.5. The lowest BCUT2D eigenvalue weighted by Gasteiger charge is -2.26. The van der Waals surface area contributed by atoms with E-state index >= 15 is 0 Å². The molecule has 0 atom stereocenters. The van der Waals surface area contributed by atoms with Gasteiger partial charge >= 0.3 is 0 Å². The molecule has 10 rings (SSSR count). The van der Waals surface area contributed by atoms with E-state index in [0.29, 0.717) is 11.7 Å². The maximum absolute atomic E-state index is 6.23. The number of hydrogen-bond acceptors (Lipinski definition) is 13. The van der Waals surface area contributed by atoms with Gasteiger partial charge in [-0.15, -0.1) is 22.7 Å². The summed E-state index contributed by atoms with van der Waals surface area (Å²) in [5, 5.41) is 15.3. The van der Waals surface area contributed by atoms with Gasteiger partial charge < -0.3 is 10.1 Å². The molecule has 0 saturated heterocycles. The summed E-state index contributed by atoms with van der Waals surface area (Å²) in [5.41, 5.74) is 8.10. The van der Waals surface area contributed by atoms with Gasteiger partial charge in [0.1, 0.15) is 39.0 Å². The molecule has 53 heavy (non-hydrogen) atoms. The average molecular weight is 765 g/mol. The van der Waals surface area contributed by atoms with Gasteiger partial charge in [-0.25, -0.2) is 19.9 Å². The molecule has 0 aliphatic carbocycles. The van der Waals surface area contributed by atoms with Crippen molar-refractivity contribution in [3.05, 3.63) is 97.9 Å². The first-order chi connectivity index (χ1) is 25.9. The summed E-state index contributed by atoms with van der Waals surface area (Å²) in [4.78, 5) is 31.6. The second-order valence-electron chi connectivity index (χ2n) is 13.5. The van der Waals surface area contributed by atoms with Crippen LogP contribution in [0.5, 0.6) is 5.75 Å². The van der Waals surface area contributed by atoms with E-state index in [1.165, 1.54) is 32.8 Å². The number of ether oxygens (including phenoxy) is 1. The fourth-order valence-electron chi connectivity index (χ4n) is 7.37. The number of rotatable bonds is 7. The Balaban J connectivity index is 0.000000153. The highest BCUT2D eigenvalue weighted by Gasteiger charge is 2.26. The Labute approximate surface area is 319 Å². The largest absolute Gasteiger partial charge is 0.495 e. The molecule has 3 aliphatic heterocycles. The van der Waals surface area contributed by atoms with Crippen LogP contribution in [-0.2, 0) is 59.7 Å². The fourth-order valence-corrected chi connectivity index (χ4v) is 10.1. The van der Waals surface area contributed by atoms with Crippen molar-refractivity contribution >= 4 is 72.4 Å². The number of nitrogens with one attached hydrogen (secondary N) is 1. The number of aliphatic imine (C=N–C) groups is 1. The molecule has 0 spiro atoms. The number of hydrogen-bond donors (Lipinski definition) is 1. The maximum Gasteiger partial charge on any atom is 0.142 e. The quantitative estimate of drug-likeness (QED) is 0.185. The molecule has 13 nitrogen and oxygen atoms in total. The normalized spacial score (nSPS) is 15.3. The van der Waals surface area contributed by atoms with Crippen LogP contribution in [0.4, 0.5) is 11.5 Å². The van der Waals surface area contributed by atoms with E-state index in [0.717, 1.165) is 107 Å². The van der Waals surface area contributed by atoms with E-state index in [2.05, 4.69) is 74.5 Å². The highest BCUT2D eigenvalue weighted by molar-refractivity contribution is 7.19. The van der Waals surface area contributed by atoms with Crippen molar-refractivity contribution in [1.29, 1.82) is 0 Å². The van der Waals surface area contributed by atoms with E-state index in [1.807, 2.05) is 42.1 Å². The molecule has 0 unspecified atom stereocenters. The number of nitrogens with zero attached hydrogens (tertiary/aromatic N) is 11. The van der Waals surface area contributed by atoms with Crippen LogP contribution in [-0.4, -0.2) is 75.7 Å². The van der Waals surface area contributed by atoms with Crippen molar-refractivity contribution in [1.82, 2.24) is 49.3 Å². The second-order valence-corrected chi connectivity index (χ2v) is 16.0. The summed E-state index contributed by atoms with van der Waals surface area (Å²) < 4.78 is 9.35. The van der Waals surface area contributed by atoms with Gasteiger partial charge in [0.15, 0.2) is 0 Å². The number of aromatic nitrogens is 8. The Kier molecular flexibility index (Phi) is 9.12. The molecule has 0 radical (unpaired) electrons. The molecule has 0 bridgehead atoms. The van der Waals surface area contributed by atoms with Crippen LogP contribution in [0.25, 0.3) is 20.4 Å². The summed E-state index contributed by atoms with van der Waals surface area (Å²) >= 11 is 9.73. The Morgan fingerprint density at radius 3 is 2.06 bits per heavy atom. The summed E-state index contributed by atoms with van der Waals surface area (Å²) in [7, 11) is 5.60. The number of benzene rings is 1. The molecule has 0 fully saturated rings. The molecule has 0 amide bonds. The molecular weight excluding hydrogens is 728 g/mol. The van der Waals surface area contributed by atoms with E-state index in [1.54, 1.807) is 36.1 Å². The number of methoxy groups -OCH3 is 1. The van der Waals surface area contributed by atoms with Crippen molar-refractivity contribution in [3.63, 3.8) is 0 Å². The second kappa shape index (κ2) is 14.2. The number of halogens is 1. The lowest BCUT2D eigenvalue weighted by Crippen LogP contribution is -2.29. The molecule has 6 aromatic heterocycles. The lowest BCUT2D eigenvalue weighted by atomic mass is 10.0. The summed E-state index contributed by atoms with van der Waals surface area (Å²) in [6.07, 6.45) is 11.0. The molecule has 1 aromatic carbocycles. The summed E-state index contributed by atoms with van der Waals surface area (Å²) in [6.45, 7) is 6.29. The molecule has 9 heterocycles. The van der Waals surface area contributed by atoms with Crippen molar-refractivity contribution in [2.45, 2.75) is 45.6 Å². The topological polar surface area (TPSA) is 127 Å². The van der Waals surface area contributed by atoms with Gasteiger partial charge in [0.2, 0.25) is 0 Å². The first-order valence-corrected chi connectivity index (χ1v) is 19.4. The monoisotopic (exact) mass is 764 g/mol. The van der Waals surface area contributed by atoms with Gasteiger partial charge in [0, 0.05) is 81.7 Å². The molecule has 1 N–H and O–H groups in total. The SMILES string of the molecule is COc1cc2c(cc1Nc1ncnc3sc4c(c13)CCN(Cc1ccn(C)n1)C4)C=NC2.Cn1ccc(CN2CCc3c(sc4ncnc(Cl)c34)C2)n1. The number of anilines is 2. The molecule has 7 aromatic rings. The average Bonchev–Trinajstić information content (AvgIpc) is 3.99. The molecule has 16 heteroatoms. The number of fused-ring (bicyclic) bond motifs is 7. The Bertz CT molecular complexity index is 2500. The standard InChI is InChI=1S/C23H23N7OS.C14H14ClN5S/c1-29-5-3-16(28-29)11-30-6-4-17-20(12-30)32-23-21(17)22(25-13-26-23)27-18-7-14-9-24-10-15(14)8-19(18)31-2;1-19-4-2-9(18-19)6-20-5-3-10-11(7-20)21-14-12(10)13(15)16-8-17-14/h3,5,7-9,13H,4,6,10-12H2,1-2H3,(H,25,26,27);2,4,8H,3,5-7H2,1H3. The minimum atomic E-state index is 0.579. The van der Waals surface area contributed by atoms with Crippen LogP contribution >= 0.6 is 34.3 Å². The maximum atomic E-state index is 6.23. The first kappa shape index (κ1) is 34.0. The third-order valence-corrected chi connectivity index (χ3v) is 12.4. The van der Waals surface area contributed by atoms with Crippen LogP contribution < -0.4 is 10.1 Å². The fraction of sp³-hybridized carbons (Fsp3) is 0.324. The van der Waals surface area contributed by atoms with Crippen LogP contribution in [0.2, 0.25) is 5.15 Å². The molecule has 270 valence electrons. The zero-order valence-corrected chi connectivity index (χ0v) is 32.0.